The monoisotopic (exact) mass is 370 g/mol. The molecule has 0 N–H and O–H groups in total. The number of phosphoric acid groups is 1. The summed E-state index contributed by atoms with van der Waals surface area (Å²) in [5, 5.41) is 0. The predicted octanol–water partition coefficient (Wildman–Crippen LogP) is 4.61. The molecule has 0 aromatic carbocycles. The van der Waals surface area contributed by atoms with Gasteiger partial charge >= 0.3 is 7.82 Å². The van der Waals surface area contributed by atoms with E-state index < -0.39 is 16.1 Å². The zero-order chi connectivity index (χ0) is 17.6. The van der Waals surface area contributed by atoms with Gasteiger partial charge in [-0.1, -0.05) is 26.7 Å². The molecule has 0 radical (unpaired) electrons. The zero-order valence-corrected chi connectivity index (χ0v) is 17.4. The second-order valence-electron chi connectivity index (χ2n) is 6.25. The van der Waals surface area contributed by atoms with Gasteiger partial charge in [-0.3, -0.25) is 9.05 Å². The van der Waals surface area contributed by atoms with Crippen LogP contribution in [0.25, 0.3) is 0 Å². The molecule has 0 fully saturated rings. The molecule has 0 amide bonds. The van der Waals surface area contributed by atoms with Gasteiger partial charge in [0.25, 0.3) is 0 Å². The van der Waals surface area contributed by atoms with Gasteiger partial charge in [0.1, 0.15) is 0 Å². The molecule has 0 spiro atoms. The van der Waals surface area contributed by atoms with Crippen LogP contribution in [-0.2, 0) is 27.3 Å². The summed E-state index contributed by atoms with van der Waals surface area (Å²) in [4.78, 5) is 0. The third-order valence-electron chi connectivity index (χ3n) is 2.62. The summed E-state index contributed by atoms with van der Waals surface area (Å²) in [6, 6.07) is 0. The molecule has 0 aromatic rings. The summed E-state index contributed by atoms with van der Waals surface area (Å²) in [5.74, 6) is 0. The maximum absolute atomic E-state index is 12.7. The second-order valence-corrected chi connectivity index (χ2v) is 12.6. The van der Waals surface area contributed by atoms with Crippen LogP contribution in [-0.4, -0.2) is 48.0 Å². The molecule has 0 aliphatic heterocycles. The van der Waals surface area contributed by atoms with Gasteiger partial charge < -0.3 is 13.7 Å². The Hall–Kier alpha value is 0.247. The molecule has 0 atom stereocenters. The highest BCUT2D eigenvalue weighted by atomic mass is 31.2. The number of unbranched alkanes of at least 4 members (excludes halogenated alkanes) is 2. The Morgan fingerprint density at radius 2 is 1.17 bits per heavy atom. The molecule has 0 saturated carbocycles. The normalized spacial score (nSPS) is 12.7. The van der Waals surface area contributed by atoms with E-state index in [9.17, 15) is 4.57 Å². The average Bonchev–Trinajstić information content (AvgIpc) is 2.44. The Labute approximate surface area is 142 Å². The van der Waals surface area contributed by atoms with E-state index in [2.05, 4.69) is 13.8 Å². The average molecular weight is 370 g/mol. The van der Waals surface area contributed by atoms with Crippen molar-refractivity contribution < 1.29 is 27.3 Å². The molecule has 0 heterocycles. The first-order chi connectivity index (χ1) is 10.8. The highest BCUT2D eigenvalue weighted by Crippen LogP contribution is 2.51. The van der Waals surface area contributed by atoms with Crippen LogP contribution in [0.4, 0.5) is 0 Å². The van der Waals surface area contributed by atoms with Gasteiger partial charge in [-0.15, -0.1) is 0 Å². The molecule has 0 rings (SSSR count). The van der Waals surface area contributed by atoms with Crippen molar-refractivity contribution in [3.63, 3.8) is 0 Å². The van der Waals surface area contributed by atoms with E-state index in [0.29, 0.717) is 26.4 Å². The van der Waals surface area contributed by atoms with E-state index in [4.69, 9.17) is 22.7 Å². The molecule has 0 aliphatic carbocycles. The van der Waals surface area contributed by atoms with Crippen LogP contribution in [0.3, 0.4) is 0 Å². The Kier molecular flexibility index (Phi) is 13.7. The van der Waals surface area contributed by atoms with Gasteiger partial charge in [0.15, 0.2) is 8.32 Å². The van der Waals surface area contributed by atoms with Gasteiger partial charge in [0.05, 0.1) is 26.4 Å². The van der Waals surface area contributed by atoms with E-state index >= 15 is 0 Å². The van der Waals surface area contributed by atoms with Crippen molar-refractivity contribution in [2.24, 2.45) is 0 Å². The maximum Gasteiger partial charge on any atom is 0.465 e. The van der Waals surface area contributed by atoms with E-state index in [0.717, 1.165) is 25.7 Å². The van der Waals surface area contributed by atoms with Crippen molar-refractivity contribution in [2.75, 3.05) is 39.6 Å². The summed E-state index contributed by atoms with van der Waals surface area (Å²) in [6.07, 6.45) is 4.18. The SMILES string of the molecule is CCCCOCCOP(=O)(OCCOCCCC)O[Si](C)(C)C. The Balaban J connectivity index is 4.12. The molecular formula is C15H35O6PSi. The highest BCUT2D eigenvalue weighted by Gasteiger charge is 2.33. The third-order valence-corrected chi connectivity index (χ3v) is 6.71. The second kappa shape index (κ2) is 13.5. The molecular weight excluding hydrogens is 335 g/mol. The van der Waals surface area contributed by atoms with Crippen LogP contribution in [0.5, 0.6) is 0 Å². The van der Waals surface area contributed by atoms with Crippen LogP contribution >= 0.6 is 7.82 Å². The fraction of sp³-hybridized carbons (Fsp3) is 1.00. The number of ether oxygens (including phenoxy) is 2. The lowest BCUT2D eigenvalue weighted by Crippen LogP contribution is -2.25. The van der Waals surface area contributed by atoms with Crippen molar-refractivity contribution in [2.45, 2.75) is 59.2 Å². The third kappa shape index (κ3) is 15.5. The Morgan fingerprint density at radius 1 is 0.739 bits per heavy atom. The first-order valence-corrected chi connectivity index (χ1v) is 13.4. The van der Waals surface area contributed by atoms with Crippen molar-refractivity contribution in [3.05, 3.63) is 0 Å². The van der Waals surface area contributed by atoms with E-state index in [1.807, 2.05) is 19.6 Å². The predicted molar refractivity (Wildman–Crippen MR) is 95.4 cm³/mol. The highest BCUT2D eigenvalue weighted by molar-refractivity contribution is 7.50. The number of hydrogen-bond acceptors (Lipinski definition) is 6. The number of rotatable bonds is 16. The van der Waals surface area contributed by atoms with Crippen molar-refractivity contribution in [1.82, 2.24) is 0 Å². The van der Waals surface area contributed by atoms with Crippen LogP contribution in [0, 0.1) is 0 Å². The minimum Gasteiger partial charge on any atom is -0.379 e. The van der Waals surface area contributed by atoms with E-state index in [-0.39, 0.29) is 13.2 Å². The largest absolute Gasteiger partial charge is 0.465 e. The Morgan fingerprint density at radius 3 is 1.52 bits per heavy atom. The van der Waals surface area contributed by atoms with Gasteiger partial charge in [0, 0.05) is 13.2 Å². The summed E-state index contributed by atoms with van der Waals surface area (Å²) in [7, 11) is -5.60. The Bertz CT molecular complexity index is 302. The van der Waals surface area contributed by atoms with Crippen molar-refractivity contribution in [1.29, 1.82) is 0 Å². The smallest absolute Gasteiger partial charge is 0.379 e. The molecule has 8 heteroatoms. The van der Waals surface area contributed by atoms with E-state index in [1.165, 1.54) is 0 Å². The maximum atomic E-state index is 12.7. The summed E-state index contributed by atoms with van der Waals surface area (Å²) < 4.78 is 39.8. The number of hydrogen-bond donors (Lipinski definition) is 0. The van der Waals surface area contributed by atoms with Gasteiger partial charge in [0.2, 0.25) is 0 Å². The van der Waals surface area contributed by atoms with Gasteiger partial charge in [-0.2, -0.15) is 0 Å². The first-order valence-electron chi connectivity index (χ1n) is 8.58. The first kappa shape index (κ1) is 23.2. The summed E-state index contributed by atoms with van der Waals surface area (Å²) >= 11 is 0. The standard InChI is InChI=1S/C15H35O6PSi/c1-6-8-10-17-12-14-19-22(16,21-23(3,4)5)20-15-13-18-11-9-7-2/h6-15H2,1-5H3. The van der Waals surface area contributed by atoms with Crippen LogP contribution < -0.4 is 0 Å². The molecule has 23 heavy (non-hydrogen) atoms. The van der Waals surface area contributed by atoms with Crippen LogP contribution in [0.15, 0.2) is 0 Å². The van der Waals surface area contributed by atoms with Crippen molar-refractivity contribution in [3.8, 4) is 0 Å². The topological polar surface area (TPSA) is 63.2 Å². The molecule has 0 unspecified atom stereocenters. The van der Waals surface area contributed by atoms with Crippen molar-refractivity contribution >= 4 is 16.1 Å². The fourth-order valence-corrected chi connectivity index (χ4v) is 5.31. The minimum atomic E-state index is -3.55. The van der Waals surface area contributed by atoms with E-state index in [1.54, 1.807) is 0 Å². The molecule has 140 valence electrons. The number of phosphoric ester groups is 1. The van der Waals surface area contributed by atoms with Crippen LogP contribution in [0.2, 0.25) is 19.6 Å². The quantitative estimate of drug-likeness (QED) is 0.224. The molecule has 0 saturated heterocycles. The fourth-order valence-electron chi connectivity index (χ4n) is 1.54. The van der Waals surface area contributed by atoms with Gasteiger partial charge in [-0.25, -0.2) is 4.57 Å². The molecule has 0 aromatic heterocycles. The molecule has 0 aliphatic rings. The molecule has 0 bridgehead atoms. The lowest BCUT2D eigenvalue weighted by Gasteiger charge is -2.25. The lowest BCUT2D eigenvalue weighted by atomic mass is 10.4. The summed E-state index contributed by atoms with van der Waals surface area (Å²) in [6.45, 7) is 12.6. The van der Waals surface area contributed by atoms with Gasteiger partial charge in [-0.05, 0) is 32.5 Å². The lowest BCUT2D eigenvalue weighted by molar-refractivity contribution is 0.0584. The minimum absolute atomic E-state index is 0.197. The van der Waals surface area contributed by atoms with Crippen LogP contribution in [0.1, 0.15) is 39.5 Å². The zero-order valence-electron chi connectivity index (χ0n) is 15.5. The molecule has 6 nitrogen and oxygen atoms in total. The summed E-state index contributed by atoms with van der Waals surface area (Å²) in [5.41, 5.74) is 0.